The van der Waals surface area contributed by atoms with Gasteiger partial charge < -0.3 is 5.32 Å². The predicted octanol–water partition coefficient (Wildman–Crippen LogP) is 2.51. The molecule has 1 aromatic rings. The van der Waals surface area contributed by atoms with Crippen LogP contribution in [0.15, 0.2) is 24.8 Å². The molecule has 1 aromatic carbocycles. The molecule has 0 bridgehead atoms. The summed E-state index contributed by atoms with van der Waals surface area (Å²) in [5.41, 5.74) is 1.67. The van der Waals surface area contributed by atoms with Crippen LogP contribution in [0.4, 0.5) is 10.1 Å². The molecule has 1 rings (SSSR count). The number of halogens is 1. The lowest BCUT2D eigenvalue weighted by molar-refractivity contribution is 0.627. The highest BCUT2D eigenvalue weighted by atomic mass is 19.1. The van der Waals surface area contributed by atoms with Crippen molar-refractivity contribution >= 4 is 11.8 Å². The summed E-state index contributed by atoms with van der Waals surface area (Å²) in [6.07, 6.45) is 1.62. The van der Waals surface area contributed by atoms with Crippen molar-refractivity contribution in [3.63, 3.8) is 0 Å². The molecule has 0 aliphatic heterocycles. The van der Waals surface area contributed by atoms with Gasteiger partial charge in [-0.05, 0) is 23.8 Å². The van der Waals surface area contributed by atoms with E-state index in [9.17, 15) is 4.39 Å². The molecule has 0 atom stereocenters. The Hall–Kier alpha value is -1.31. The minimum Gasteiger partial charge on any atom is -0.388 e. The number of hydrogen-bond donors (Lipinski definition) is 1. The van der Waals surface area contributed by atoms with Gasteiger partial charge in [-0.25, -0.2) is 4.39 Å². The number of nitrogens with one attached hydrogen (secondary N) is 1. The van der Waals surface area contributed by atoms with Gasteiger partial charge in [0.25, 0.3) is 0 Å². The molecular formula is C9H10FN. The summed E-state index contributed by atoms with van der Waals surface area (Å²) in [6, 6.07) is 4.55. The van der Waals surface area contributed by atoms with Crippen molar-refractivity contribution in [2.24, 2.45) is 0 Å². The first kappa shape index (κ1) is 7.79. The summed E-state index contributed by atoms with van der Waals surface area (Å²) >= 11 is 0. The molecule has 0 saturated carbocycles. The maximum Gasteiger partial charge on any atom is 0.123 e. The Bertz CT molecular complexity index is 268. The maximum absolute atomic E-state index is 12.6. The Morgan fingerprint density at radius 1 is 1.55 bits per heavy atom. The Morgan fingerprint density at radius 2 is 2.27 bits per heavy atom. The zero-order valence-corrected chi connectivity index (χ0v) is 6.39. The maximum atomic E-state index is 12.6. The SMILES string of the molecule is C=Cc1cc(F)ccc1NC. The second-order valence-electron chi connectivity index (χ2n) is 2.19. The number of rotatable bonds is 2. The summed E-state index contributed by atoms with van der Waals surface area (Å²) < 4.78 is 12.6. The lowest BCUT2D eigenvalue weighted by atomic mass is 10.2. The van der Waals surface area contributed by atoms with Gasteiger partial charge >= 0.3 is 0 Å². The van der Waals surface area contributed by atoms with Crippen LogP contribution in [0.1, 0.15) is 5.56 Å². The molecular weight excluding hydrogens is 141 g/mol. The van der Waals surface area contributed by atoms with E-state index in [1.54, 1.807) is 19.2 Å². The fourth-order valence-corrected chi connectivity index (χ4v) is 0.930. The van der Waals surface area contributed by atoms with E-state index in [1.807, 2.05) is 0 Å². The van der Waals surface area contributed by atoms with Gasteiger partial charge in [0.2, 0.25) is 0 Å². The van der Waals surface area contributed by atoms with Crippen LogP contribution < -0.4 is 5.32 Å². The number of hydrogen-bond acceptors (Lipinski definition) is 1. The zero-order valence-electron chi connectivity index (χ0n) is 6.39. The largest absolute Gasteiger partial charge is 0.388 e. The van der Waals surface area contributed by atoms with Crippen molar-refractivity contribution in [2.75, 3.05) is 12.4 Å². The lowest BCUT2D eigenvalue weighted by Crippen LogP contribution is -1.91. The van der Waals surface area contributed by atoms with Crippen molar-refractivity contribution in [1.29, 1.82) is 0 Å². The third kappa shape index (κ3) is 1.58. The van der Waals surface area contributed by atoms with Crippen LogP contribution in [0.5, 0.6) is 0 Å². The number of benzene rings is 1. The minimum atomic E-state index is -0.237. The van der Waals surface area contributed by atoms with E-state index < -0.39 is 0 Å². The normalized spacial score (nSPS) is 9.27. The highest BCUT2D eigenvalue weighted by Crippen LogP contribution is 2.16. The van der Waals surface area contributed by atoms with Crippen molar-refractivity contribution in [1.82, 2.24) is 0 Å². The van der Waals surface area contributed by atoms with Crippen LogP contribution in [0.25, 0.3) is 6.08 Å². The standard InChI is InChI=1S/C9H10FN/c1-3-7-6-8(10)4-5-9(7)11-2/h3-6,11H,1H2,2H3. The van der Waals surface area contributed by atoms with Gasteiger partial charge in [-0.3, -0.25) is 0 Å². The topological polar surface area (TPSA) is 12.0 Å². The van der Waals surface area contributed by atoms with Gasteiger partial charge in [0, 0.05) is 12.7 Å². The summed E-state index contributed by atoms with van der Waals surface area (Å²) in [4.78, 5) is 0. The van der Waals surface area contributed by atoms with Crippen LogP contribution in [0.2, 0.25) is 0 Å². The molecule has 0 aliphatic rings. The van der Waals surface area contributed by atoms with Crippen LogP contribution in [0, 0.1) is 5.82 Å². The molecule has 0 fully saturated rings. The quantitative estimate of drug-likeness (QED) is 0.684. The molecule has 1 nitrogen and oxygen atoms in total. The third-order valence-corrected chi connectivity index (χ3v) is 1.50. The zero-order chi connectivity index (χ0) is 8.27. The molecule has 0 spiro atoms. The van der Waals surface area contributed by atoms with Gasteiger partial charge in [0.1, 0.15) is 5.82 Å². The van der Waals surface area contributed by atoms with Crippen LogP contribution in [-0.2, 0) is 0 Å². The highest BCUT2D eigenvalue weighted by molar-refractivity contribution is 5.65. The molecule has 1 N–H and O–H groups in total. The van der Waals surface area contributed by atoms with E-state index in [4.69, 9.17) is 0 Å². The summed E-state index contributed by atoms with van der Waals surface area (Å²) in [5, 5.41) is 2.94. The molecule has 58 valence electrons. The summed E-state index contributed by atoms with van der Waals surface area (Å²) in [6.45, 7) is 3.57. The van der Waals surface area contributed by atoms with Gasteiger partial charge in [-0.15, -0.1) is 0 Å². The molecule has 2 heteroatoms. The van der Waals surface area contributed by atoms with Crippen LogP contribution in [0.3, 0.4) is 0 Å². The monoisotopic (exact) mass is 151 g/mol. The number of anilines is 1. The Labute approximate surface area is 65.6 Å². The molecule has 0 amide bonds. The van der Waals surface area contributed by atoms with Gasteiger partial charge in [0.15, 0.2) is 0 Å². The molecule has 0 radical (unpaired) electrons. The van der Waals surface area contributed by atoms with Crippen LogP contribution in [-0.4, -0.2) is 7.05 Å². The lowest BCUT2D eigenvalue weighted by Gasteiger charge is -2.03. The van der Waals surface area contributed by atoms with Crippen molar-refractivity contribution in [3.05, 3.63) is 36.2 Å². The van der Waals surface area contributed by atoms with E-state index in [2.05, 4.69) is 11.9 Å². The van der Waals surface area contributed by atoms with E-state index >= 15 is 0 Å². The van der Waals surface area contributed by atoms with Crippen LogP contribution >= 0.6 is 0 Å². The van der Waals surface area contributed by atoms with E-state index in [0.29, 0.717) is 0 Å². The molecule has 0 heterocycles. The molecule has 11 heavy (non-hydrogen) atoms. The molecule has 0 aromatic heterocycles. The molecule has 0 aliphatic carbocycles. The van der Waals surface area contributed by atoms with Crippen molar-refractivity contribution < 1.29 is 4.39 Å². The fourth-order valence-electron chi connectivity index (χ4n) is 0.930. The smallest absolute Gasteiger partial charge is 0.123 e. The van der Waals surface area contributed by atoms with E-state index in [-0.39, 0.29) is 5.82 Å². The van der Waals surface area contributed by atoms with E-state index in [1.165, 1.54) is 12.1 Å². The van der Waals surface area contributed by atoms with Crippen molar-refractivity contribution in [3.8, 4) is 0 Å². The Morgan fingerprint density at radius 3 is 2.82 bits per heavy atom. The summed E-state index contributed by atoms with van der Waals surface area (Å²) in [5.74, 6) is -0.237. The first-order chi connectivity index (χ1) is 5.27. The second-order valence-corrected chi connectivity index (χ2v) is 2.19. The van der Waals surface area contributed by atoms with Gasteiger partial charge in [-0.2, -0.15) is 0 Å². The van der Waals surface area contributed by atoms with Gasteiger partial charge in [-0.1, -0.05) is 12.7 Å². The molecule has 0 saturated heterocycles. The summed E-state index contributed by atoms with van der Waals surface area (Å²) in [7, 11) is 1.79. The van der Waals surface area contributed by atoms with Crippen molar-refractivity contribution in [2.45, 2.75) is 0 Å². The first-order valence-electron chi connectivity index (χ1n) is 3.37. The Balaban J connectivity index is 3.16. The van der Waals surface area contributed by atoms with E-state index in [0.717, 1.165) is 11.3 Å². The first-order valence-corrected chi connectivity index (χ1v) is 3.37. The highest BCUT2D eigenvalue weighted by Gasteiger charge is 1.97. The minimum absolute atomic E-state index is 0.237. The predicted molar refractivity (Wildman–Crippen MR) is 46.0 cm³/mol. The average Bonchev–Trinajstić information content (AvgIpc) is 2.04. The van der Waals surface area contributed by atoms with Gasteiger partial charge in [0.05, 0.1) is 0 Å². The fraction of sp³-hybridized carbons (Fsp3) is 0.111. The second kappa shape index (κ2) is 3.19. The average molecular weight is 151 g/mol. The third-order valence-electron chi connectivity index (χ3n) is 1.50. The Kier molecular flexibility index (Phi) is 2.26. The molecule has 0 unspecified atom stereocenters.